The SMILES string of the molecule is COC(=O)C(CCSC)NC(=O)c1cccc(-n2nc(C)cc2C)c1. The molecular weight excluding hydrogens is 338 g/mol. The van der Waals surface area contributed by atoms with E-state index in [2.05, 4.69) is 10.4 Å². The summed E-state index contributed by atoms with van der Waals surface area (Å²) >= 11 is 1.61. The highest BCUT2D eigenvalue weighted by Crippen LogP contribution is 2.14. The topological polar surface area (TPSA) is 73.2 Å². The lowest BCUT2D eigenvalue weighted by Gasteiger charge is -2.16. The van der Waals surface area contributed by atoms with Crippen LogP contribution in [-0.4, -0.2) is 46.8 Å². The molecule has 1 N–H and O–H groups in total. The monoisotopic (exact) mass is 361 g/mol. The van der Waals surface area contributed by atoms with Gasteiger partial charge in [-0.15, -0.1) is 0 Å². The Morgan fingerprint density at radius 2 is 2.08 bits per heavy atom. The van der Waals surface area contributed by atoms with Crippen molar-refractivity contribution in [3.63, 3.8) is 0 Å². The number of ether oxygens (including phenoxy) is 1. The van der Waals surface area contributed by atoms with Crippen molar-refractivity contribution < 1.29 is 14.3 Å². The van der Waals surface area contributed by atoms with E-state index in [9.17, 15) is 9.59 Å². The maximum Gasteiger partial charge on any atom is 0.328 e. The Morgan fingerprint density at radius 1 is 1.32 bits per heavy atom. The van der Waals surface area contributed by atoms with Gasteiger partial charge in [-0.3, -0.25) is 4.79 Å². The van der Waals surface area contributed by atoms with Gasteiger partial charge in [0, 0.05) is 11.3 Å². The third-order valence-corrected chi connectivity index (χ3v) is 4.41. The van der Waals surface area contributed by atoms with Crippen LogP contribution < -0.4 is 5.32 Å². The molecule has 0 aliphatic rings. The lowest BCUT2D eigenvalue weighted by Crippen LogP contribution is -2.42. The summed E-state index contributed by atoms with van der Waals surface area (Å²) in [5.74, 6) is 0.0169. The molecular formula is C18H23N3O3S. The fraction of sp³-hybridized carbons (Fsp3) is 0.389. The smallest absolute Gasteiger partial charge is 0.328 e. The number of hydrogen-bond acceptors (Lipinski definition) is 5. The summed E-state index contributed by atoms with van der Waals surface area (Å²) in [5.41, 5.74) is 3.18. The molecule has 0 radical (unpaired) electrons. The predicted molar refractivity (Wildman–Crippen MR) is 99.3 cm³/mol. The maximum atomic E-state index is 12.6. The third-order valence-electron chi connectivity index (χ3n) is 3.76. The van der Waals surface area contributed by atoms with Gasteiger partial charge in [-0.05, 0) is 56.5 Å². The quantitative estimate of drug-likeness (QED) is 0.767. The Hall–Kier alpha value is -2.28. The average molecular weight is 361 g/mol. The van der Waals surface area contributed by atoms with Gasteiger partial charge < -0.3 is 10.1 Å². The summed E-state index contributed by atoms with van der Waals surface area (Å²) in [6, 6.07) is 8.49. The second-order valence-corrected chi connectivity index (χ2v) is 6.71. The summed E-state index contributed by atoms with van der Waals surface area (Å²) in [6.07, 6.45) is 2.48. The fourth-order valence-corrected chi connectivity index (χ4v) is 3.01. The number of methoxy groups -OCH3 is 1. The third kappa shape index (κ3) is 4.85. The normalized spacial score (nSPS) is 11.8. The van der Waals surface area contributed by atoms with Crippen LogP contribution in [0.3, 0.4) is 0 Å². The number of carbonyl (C=O) groups is 2. The van der Waals surface area contributed by atoms with E-state index in [1.54, 1.807) is 34.6 Å². The van der Waals surface area contributed by atoms with Gasteiger partial charge in [-0.25, -0.2) is 9.48 Å². The molecule has 1 heterocycles. The molecule has 25 heavy (non-hydrogen) atoms. The number of hydrogen-bond donors (Lipinski definition) is 1. The number of nitrogens with one attached hydrogen (secondary N) is 1. The van der Waals surface area contributed by atoms with Crippen molar-refractivity contribution in [1.82, 2.24) is 15.1 Å². The zero-order valence-corrected chi connectivity index (χ0v) is 15.7. The van der Waals surface area contributed by atoms with Gasteiger partial charge in [-0.2, -0.15) is 16.9 Å². The van der Waals surface area contributed by atoms with Gasteiger partial charge >= 0.3 is 5.97 Å². The summed E-state index contributed by atoms with van der Waals surface area (Å²) in [6.45, 7) is 3.88. The highest BCUT2D eigenvalue weighted by atomic mass is 32.2. The molecule has 1 aromatic carbocycles. The van der Waals surface area contributed by atoms with Crippen molar-refractivity contribution in [3.05, 3.63) is 47.3 Å². The number of amides is 1. The van der Waals surface area contributed by atoms with Crippen molar-refractivity contribution in [1.29, 1.82) is 0 Å². The molecule has 1 aromatic heterocycles. The number of esters is 1. The van der Waals surface area contributed by atoms with Crippen LogP contribution in [0.4, 0.5) is 0 Å². The van der Waals surface area contributed by atoms with Crippen molar-refractivity contribution in [2.24, 2.45) is 0 Å². The standard InChI is InChI=1S/C18H23N3O3S/c1-12-10-13(2)21(20-12)15-7-5-6-14(11-15)17(22)19-16(8-9-25-4)18(23)24-3/h5-7,10-11,16H,8-9H2,1-4H3,(H,19,22). The van der Waals surface area contributed by atoms with Crippen molar-refractivity contribution in [2.45, 2.75) is 26.3 Å². The Bertz CT molecular complexity index is 758. The zero-order chi connectivity index (χ0) is 18.4. The Morgan fingerprint density at radius 3 is 2.68 bits per heavy atom. The largest absolute Gasteiger partial charge is 0.467 e. The number of aryl methyl sites for hydroxylation is 2. The molecule has 1 atom stereocenters. The van der Waals surface area contributed by atoms with Gasteiger partial charge in [0.2, 0.25) is 0 Å². The summed E-state index contributed by atoms with van der Waals surface area (Å²) in [7, 11) is 1.32. The van der Waals surface area contributed by atoms with Crippen LogP contribution in [0.1, 0.15) is 28.2 Å². The molecule has 0 bridgehead atoms. The first kappa shape index (κ1) is 19.1. The Labute approximate surface area is 151 Å². The molecule has 0 saturated heterocycles. The lowest BCUT2D eigenvalue weighted by atomic mass is 10.1. The highest BCUT2D eigenvalue weighted by Gasteiger charge is 2.22. The zero-order valence-electron chi connectivity index (χ0n) is 14.9. The van der Waals surface area contributed by atoms with Gasteiger partial charge in [0.05, 0.1) is 18.5 Å². The molecule has 6 nitrogen and oxygen atoms in total. The van der Waals surface area contributed by atoms with Crippen molar-refractivity contribution in [2.75, 3.05) is 19.1 Å². The second kappa shape index (κ2) is 8.71. The number of benzene rings is 1. The molecule has 1 amide bonds. The van der Waals surface area contributed by atoms with Crippen LogP contribution >= 0.6 is 11.8 Å². The van der Waals surface area contributed by atoms with E-state index in [1.165, 1.54) is 7.11 Å². The minimum atomic E-state index is -0.651. The molecule has 0 saturated carbocycles. The van der Waals surface area contributed by atoms with Gasteiger partial charge in [0.15, 0.2) is 0 Å². The average Bonchev–Trinajstić information content (AvgIpc) is 2.96. The molecule has 0 fully saturated rings. The van der Waals surface area contributed by atoms with E-state index in [4.69, 9.17) is 4.74 Å². The van der Waals surface area contributed by atoms with E-state index in [0.717, 1.165) is 22.8 Å². The molecule has 134 valence electrons. The summed E-state index contributed by atoms with van der Waals surface area (Å²) in [4.78, 5) is 24.4. The number of carbonyl (C=O) groups excluding carboxylic acids is 2. The van der Waals surface area contributed by atoms with E-state index in [1.807, 2.05) is 32.2 Å². The van der Waals surface area contributed by atoms with E-state index < -0.39 is 12.0 Å². The van der Waals surface area contributed by atoms with E-state index in [-0.39, 0.29) is 5.91 Å². The van der Waals surface area contributed by atoms with Crippen LogP contribution in [0, 0.1) is 13.8 Å². The van der Waals surface area contributed by atoms with Crippen LogP contribution in [0.15, 0.2) is 30.3 Å². The molecule has 1 unspecified atom stereocenters. The van der Waals surface area contributed by atoms with E-state index >= 15 is 0 Å². The number of aromatic nitrogens is 2. The minimum absolute atomic E-state index is 0.306. The number of thioether (sulfide) groups is 1. The van der Waals surface area contributed by atoms with E-state index in [0.29, 0.717) is 12.0 Å². The Kier molecular flexibility index (Phi) is 6.64. The fourth-order valence-electron chi connectivity index (χ4n) is 2.54. The molecule has 7 heteroatoms. The van der Waals surface area contributed by atoms with Gasteiger partial charge in [0.1, 0.15) is 6.04 Å². The summed E-state index contributed by atoms with van der Waals surface area (Å²) < 4.78 is 6.57. The first-order chi connectivity index (χ1) is 12.0. The van der Waals surface area contributed by atoms with Gasteiger partial charge in [0.25, 0.3) is 5.91 Å². The number of rotatable bonds is 7. The van der Waals surface area contributed by atoms with Crippen LogP contribution in [0.2, 0.25) is 0 Å². The molecule has 0 spiro atoms. The molecule has 2 rings (SSSR count). The first-order valence-electron chi connectivity index (χ1n) is 7.97. The van der Waals surface area contributed by atoms with Crippen LogP contribution in [0.25, 0.3) is 5.69 Å². The Balaban J connectivity index is 2.20. The number of nitrogens with zero attached hydrogens (tertiary/aromatic N) is 2. The molecule has 0 aliphatic heterocycles. The van der Waals surface area contributed by atoms with Crippen LogP contribution in [0.5, 0.6) is 0 Å². The van der Waals surface area contributed by atoms with Crippen LogP contribution in [-0.2, 0) is 9.53 Å². The summed E-state index contributed by atoms with van der Waals surface area (Å²) in [5, 5.41) is 7.19. The first-order valence-corrected chi connectivity index (χ1v) is 9.37. The molecule has 0 aliphatic carbocycles. The highest BCUT2D eigenvalue weighted by molar-refractivity contribution is 7.98. The van der Waals surface area contributed by atoms with Crippen molar-refractivity contribution in [3.8, 4) is 5.69 Å². The second-order valence-electron chi connectivity index (χ2n) is 5.72. The minimum Gasteiger partial charge on any atom is -0.467 e. The predicted octanol–water partition coefficient (Wildman–Crippen LogP) is 2.51. The maximum absolute atomic E-state index is 12.6. The lowest BCUT2D eigenvalue weighted by molar-refractivity contribution is -0.142. The van der Waals surface area contributed by atoms with Crippen molar-refractivity contribution >= 4 is 23.6 Å². The molecule has 2 aromatic rings. The van der Waals surface area contributed by atoms with Gasteiger partial charge in [-0.1, -0.05) is 6.07 Å².